The highest BCUT2D eigenvalue weighted by Crippen LogP contribution is 2.23. The Kier molecular flexibility index (Phi) is 5.13. The smallest absolute Gasteiger partial charge is 0.321 e. The standard InChI is InChI=1S/C16H21N3O2S/c1-11-8-13-6-5-7-17-15(13)14(9-11)18-16(20)19(3)12(2)10-22(4)21/h5-9,12H,10H2,1-4H3,(H,18,20)/t12-,22-/m1/s1. The molecule has 0 saturated carbocycles. The van der Waals surface area contributed by atoms with Crippen molar-refractivity contribution in [3.63, 3.8) is 0 Å². The fourth-order valence-electron chi connectivity index (χ4n) is 2.29. The summed E-state index contributed by atoms with van der Waals surface area (Å²) in [5.74, 6) is 0.455. The normalized spacial score (nSPS) is 13.6. The predicted molar refractivity (Wildman–Crippen MR) is 91.7 cm³/mol. The lowest BCUT2D eigenvalue weighted by molar-refractivity contribution is 0.212. The third kappa shape index (κ3) is 3.82. The number of aromatic nitrogens is 1. The maximum atomic E-state index is 12.4. The molecule has 1 aromatic carbocycles. The highest BCUT2D eigenvalue weighted by atomic mass is 32.2. The Bertz CT molecular complexity index is 718. The van der Waals surface area contributed by atoms with Crippen LogP contribution in [0.1, 0.15) is 12.5 Å². The van der Waals surface area contributed by atoms with Gasteiger partial charge in [-0.25, -0.2) is 4.79 Å². The van der Waals surface area contributed by atoms with Crippen molar-refractivity contribution in [3.05, 3.63) is 36.0 Å². The SMILES string of the molecule is Cc1cc(NC(=O)N(C)[C@H](C)C[S@@](C)=O)c2ncccc2c1. The van der Waals surface area contributed by atoms with Gasteiger partial charge in [0.25, 0.3) is 0 Å². The van der Waals surface area contributed by atoms with Crippen LogP contribution in [0.4, 0.5) is 10.5 Å². The largest absolute Gasteiger partial charge is 0.324 e. The maximum Gasteiger partial charge on any atom is 0.321 e. The van der Waals surface area contributed by atoms with Gasteiger partial charge in [-0.05, 0) is 37.6 Å². The maximum absolute atomic E-state index is 12.4. The van der Waals surface area contributed by atoms with E-state index in [1.54, 1.807) is 24.4 Å². The van der Waals surface area contributed by atoms with Crippen LogP contribution in [0, 0.1) is 6.92 Å². The molecule has 0 radical (unpaired) electrons. The van der Waals surface area contributed by atoms with E-state index in [4.69, 9.17) is 0 Å². The number of benzene rings is 1. The van der Waals surface area contributed by atoms with Gasteiger partial charge in [0.05, 0.1) is 11.2 Å². The first-order valence-electron chi connectivity index (χ1n) is 7.07. The first-order valence-corrected chi connectivity index (χ1v) is 8.80. The Morgan fingerprint density at radius 1 is 1.45 bits per heavy atom. The van der Waals surface area contributed by atoms with Crippen LogP contribution in [0.2, 0.25) is 0 Å². The van der Waals surface area contributed by atoms with E-state index >= 15 is 0 Å². The molecule has 5 nitrogen and oxygen atoms in total. The van der Waals surface area contributed by atoms with Gasteiger partial charge < -0.3 is 10.2 Å². The Morgan fingerprint density at radius 3 is 2.86 bits per heavy atom. The van der Waals surface area contributed by atoms with Crippen molar-refractivity contribution in [2.24, 2.45) is 0 Å². The highest BCUT2D eigenvalue weighted by Gasteiger charge is 2.18. The second kappa shape index (κ2) is 6.87. The molecule has 2 atom stereocenters. The van der Waals surface area contributed by atoms with Crippen molar-refractivity contribution in [1.82, 2.24) is 9.88 Å². The topological polar surface area (TPSA) is 62.3 Å². The van der Waals surface area contributed by atoms with E-state index in [0.717, 1.165) is 16.5 Å². The van der Waals surface area contributed by atoms with E-state index < -0.39 is 10.8 Å². The molecule has 2 rings (SSSR count). The second-order valence-corrected chi connectivity index (χ2v) is 7.00. The summed E-state index contributed by atoms with van der Waals surface area (Å²) >= 11 is 0. The number of pyridine rings is 1. The Balaban J connectivity index is 2.23. The first-order chi connectivity index (χ1) is 10.4. The summed E-state index contributed by atoms with van der Waals surface area (Å²) in [5, 5.41) is 3.89. The van der Waals surface area contributed by atoms with E-state index in [-0.39, 0.29) is 12.1 Å². The molecule has 0 saturated heterocycles. The van der Waals surface area contributed by atoms with E-state index in [1.165, 1.54) is 0 Å². The number of carbonyl (C=O) groups is 1. The van der Waals surface area contributed by atoms with Crippen LogP contribution in [0.5, 0.6) is 0 Å². The Morgan fingerprint density at radius 2 is 2.18 bits per heavy atom. The number of aryl methyl sites for hydroxylation is 1. The summed E-state index contributed by atoms with van der Waals surface area (Å²) in [5.41, 5.74) is 2.51. The molecule has 6 heteroatoms. The molecule has 0 bridgehead atoms. The van der Waals surface area contributed by atoms with Gasteiger partial charge in [0, 0.05) is 47.5 Å². The van der Waals surface area contributed by atoms with Crippen LogP contribution < -0.4 is 5.32 Å². The molecular weight excluding hydrogens is 298 g/mol. The average Bonchev–Trinajstić information content (AvgIpc) is 2.45. The number of anilines is 1. The number of rotatable bonds is 4. The monoisotopic (exact) mass is 319 g/mol. The molecule has 0 aliphatic carbocycles. The van der Waals surface area contributed by atoms with E-state index in [2.05, 4.69) is 10.3 Å². The summed E-state index contributed by atoms with van der Waals surface area (Å²) in [6, 6.07) is 7.45. The zero-order valence-electron chi connectivity index (χ0n) is 13.3. The molecule has 22 heavy (non-hydrogen) atoms. The predicted octanol–water partition coefficient (Wildman–Crippen LogP) is 2.77. The van der Waals surface area contributed by atoms with Gasteiger partial charge in [-0.3, -0.25) is 9.19 Å². The number of carbonyl (C=O) groups excluding carboxylic acids is 1. The highest BCUT2D eigenvalue weighted by molar-refractivity contribution is 7.84. The van der Waals surface area contributed by atoms with Gasteiger partial charge in [-0.2, -0.15) is 0 Å². The molecule has 2 amide bonds. The summed E-state index contributed by atoms with van der Waals surface area (Å²) in [7, 11) is 0.767. The van der Waals surface area contributed by atoms with Crippen molar-refractivity contribution < 1.29 is 9.00 Å². The molecule has 0 fully saturated rings. The zero-order valence-corrected chi connectivity index (χ0v) is 14.1. The number of nitrogens with zero attached hydrogens (tertiary/aromatic N) is 2. The Hall–Kier alpha value is -1.95. The molecule has 1 aromatic heterocycles. The van der Waals surface area contributed by atoms with Crippen LogP contribution in [-0.4, -0.2) is 45.2 Å². The number of fused-ring (bicyclic) bond motifs is 1. The van der Waals surface area contributed by atoms with Crippen molar-refractivity contribution in [2.75, 3.05) is 24.4 Å². The van der Waals surface area contributed by atoms with Crippen LogP contribution in [0.15, 0.2) is 30.5 Å². The van der Waals surface area contributed by atoms with Gasteiger partial charge in [0.2, 0.25) is 0 Å². The van der Waals surface area contributed by atoms with Crippen molar-refractivity contribution in [3.8, 4) is 0 Å². The number of hydrogen-bond acceptors (Lipinski definition) is 3. The Labute approximate surface area is 133 Å². The zero-order chi connectivity index (χ0) is 16.3. The minimum atomic E-state index is -0.939. The number of amides is 2. The average molecular weight is 319 g/mol. The van der Waals surface area contributed by atoms with Gasteiger partial charge in [-0.1, -0.05) is 6.07 Å². The molecule has 0 aliphatic rings. The van der Waals surface area contributed by atoms with Crippen molar-refractivity contribution in [1.29, 1.82) is 0 Å². The summed E-state index contributed by atoms with van der Waals surface area (Å²) in [6.07, 6.45) is 3.35. The van der Waals surface area contributed by atoms with Gasteiger partial charge in [0.15, 0.2) is 0 Å². The van der Waals surface area contributed by atoms with Gasteiger partial charge in [0.1, 0.15) is 0 Å². The molecule has 0 aliphatic heterocycles. The van der Waals surface area contributed by atoms with E-state index in [9.17, 15) is 9.00 Å². The lowest BCUT2D eigenvalue weighted by Crippen LogP contribution is -2.41. The minimum absolute atomic E-state index is 0.102. The number of hydrogen-bond donors (Lipinski definition) is 1. The van der Waals surface area contributed by atoms with Gasteiger partial charge >= 0.3 is 6.03 Å². The lowest BCUT2D eigenvalue weighted by atomic mass is 10.1. The third-order valence-electron chi connectivity index (χ3n) is 3.55. The van der Waals surface area contributed by atoms with Gasteiger partial charge in [-0.15, -0.1) is 0 Å². The van der Waals surface area contributed by atoms with Crippen molar-refractivity contribution >= 4 is 33.4 Å². The quantitative estimate of drug-likeness (QED) is 0.942. The number of urea groups is 1. The summed E-state index contributed by atoms with van der Waals surface area (Å²) < 4.78 is 11.3. The molecule has 1 N–H and O–H groups in total. The lowest BCUT2D eigenvalue weighted by Gasteiger charge is -2.24. The first kappa shape index (κ1) is 16.4. The fourth-order valence-corrected chi connectivity index (χ4v) is 3.20. The summed E-state index contributed by atoms with van der Waals surface area (Å²) in [4.78, 5) is 18.3. The van der Waals surface area contributed by atoms with Crippen molar-refractivity contribution in [2.45, 2.75) is 19.9 Å². The molecule has 0 spiro atoms. The molecule has 2 aromatic rings. The molecule has 118 valence electrons. The molecule has 0 unspecified atom stereocenters. The van der Waals surface area contributed by atoms with Crippen LogP contribution in [0.3, 0.4) is 0 Å². The van der Waals surface area contributed by atoms with Crippen LogP contribution in [-0.2, 0) is 10.8 Å². The molecular formula is C16H21N3O2S. The number of nitrogens with one attached hydrogen (secondary N) is 1. The van der Waals surface area contributed by atoms with E-state index in [1.807, 2.05) is 38.1 Å². The third-order valence-corrected chi connectivity index (χ3v) is 4.50. The minimum Gasteiger partial charge on any atom is -0.324 e. The van der Waals surface area contributed by atoms with Crippen LogP contribution >= 0.6 is 0 Å². The van der Waals surface area contributed by atoms with Crippen LogP contribution in [0.25, 0.3) is 10.9 Å². The summed E-state index contributed by atoms with van der Waals surface area (Å²) in [6.45, 7) is 3.86. The fraction of sp³-hybridized carbons (Fsp3) is 0.375. The second-order valence-electron chi connectivity index (χ2n) is 5.52. The van der Waals surface area contributed by atoms with E-state index in [0.29, 0.717) is 11.4 Å². The molecule has 1 heterocycles.